The number of aromatic nitrogens is 3. The van der Waals surface area contributed by atoms with Crippen LogP contribution in [0.1, 0.15) is 37.3 Å². The standard InChI is InChI=1S/C16H20N4OS/c1-2-3-8-22-16-20-19-15(21-16)13(17)9-11-10-18-14-7-5-4-6-12(11)14/h4-7,10,13,18H,2-3,8-9,17H2,1H3/p+1/t13-/m0/s1. The third-order valence-corrected chi connectivity index (χ3v) is 4.54. The first kappa shape index (κ1) is 15.1. The SMILES string of the molecule is CCCCSc1nnc([C@@H]([NH3+])Cc2c[nH]c3ccccc23)o1. The number of hydrogen-bond donors (Lipinski definition) is 2. The minimum Gasteiger partial charge on any atom is -0.410 e. The van der Waals surface area contributed by atoms with Crippen molar-refractivity contribution in [3.63, 3.8) is 0 Å². The van der Waals surface area contributed by atoms with Gasteiger partial charge in [-0.3, -0.25) is 0 Å². The van der Waals surface area contributed by atoms with E-state index in [-0.39, 0.29) is 6.04 Å². The first-order valence-electron chi connectivity index (χ1n) is 7.62. The van der Waals surface area contributed by atoms with E-state index in [1.165, 1.54) is 17.4 Å². The molecule has 0 fully saturated rings. The minimum atomic E-state index is -0.0350. The number of para-hydroxylation sites is 1. The summed E-state index contributed by atoms with van der Waals surface area (Å²) in [5.41, 5.74) is 6.56. The van der Waals surface area contributed by atoms with Gasteiger partial charge < -0.3 is 15.1 Å². The fraction of sp³-hybridized carbons (Fsp3) is 0.375. The first-order chi connectivity index (χ1) is 10.8. The van der Waals surface area contributed by atoms with Crippen molar-refractivity contribution in [1.82, 2.24) is 15.2 Å². The summed E-state index contributed by atoms with van der Waals surface area (Å²) in [6.07, 6.45) is 5.15. The minimum absolute atomic E-state index is 0.0350. The molecular weight excluding hydrogens is 296 g/mol. The third-order valence-electron chi connectivity index (χ3n) is 3.64. The molecule has 0 aliphatic heterocycles. The average Bonchev–Trinajstić information content (AvgIpc) is 3.15. The Kier molecular flexibility index (Phi) is 4.80. The molecule has 3 aromatic rings. The molecule has 2 aromatic heterocycles. The van der Waals surface area contributed by atoms with Crippen LogP contribution in [-0.2, 0) is 6.42 Å². The molecule has 3 rings (SSSR count). The van der Waals surface area contributed by atoms with E-state index in [0.29, 0.717) is 11.1 Å². The van der Waals surface area contributed by atoms with Crippen LogP contribution in [-0.4, -0.2) is 20.9 Å². The Balaban J connectivity index is 1.68. The highest BCUT2D eigenvalue weighted by Crippen LogP contribution is 2.24. The van der Waals surface area contributed by atoms with E-state index in [4.69, 9.17) is 4.42 Å². The molecule has 5 nitrogen and oxygen atoms in total. The van der Waals surface area contributed by atoms with Crippen LogP contribution in [0, 0.1) is 0 Å². The van der Waals surface area contributed by atoms with Crippen LogP contribution in [0.2, 0.25) is 0 Å². The van der Waals surface area contributed by atoms with Crippen LogP contribution in [0.15, 0.2) is 40.1 Å². The van der Waals surface area contributed by atoms with Gasteiger partial charge in [-0.05, 0) is 18.1 Å². The largest absolute Gasteiger partial charge is 0.410 e. The average molecular weight is 317 g/mol. The summed E-state index contributed by atoms with van der Waals surface area (Å²) in [6.45, 7) is 2.17. The molecule has 4 N–H and O–H groups in total. The molecule has 2 heterocycles. The second-order valence-corrected chi connectivity index (χ2v) is 6.41. The highest BCUT2D eigenvalue weighted by atomic mass is 32.2. The smallest absolute Gasteiger partial charge is 0.276 e. The number of benzene rings is 1. The molecular formula is C16H21N4OS+. The van der Waals surface area contributed by atoms with Gasteiger partial charge in [-0.15, -0.1) is 10.2 Å². The Morgan fingerprint density at radius 3 is 3.05 bits per heavy atom. The van der Waals surface area contributed by atoms with E-state index in [1.807, 2.05) is 18.3 Å². The zero-order valence-corrected chi connectivity index (χ0v) is 13.5. The van der Waals surface area contributed by atoms with E-state index < -0.39 is 0 Å². The van der Waals surface area contributed by atoms with Crippen LogP contribution in [0.4, 0.5) is 0 Å². The van der Waals surface area contributed by atoms with Crippen molar-refractivity contribution in [2.45, 2.75) is 37.5 Å². The van der Waals surface area contributed by atoms with Crippen molar-refractivity contribution in [3.8, 4) is 0 Å². The molecule has 0 amide bonds. The van der Waals surface area contributed by atoms with Gasteiger partial charge in [-0.2, -0.15) is 0 Å². The van der Waals surface area contributed by atoms with Gasteiger partial charge in [0.15, 0.2) is 6.04 Å². The Bertz CT molecular complexity index is 736. The van der Waals surface area contributed by atoms with Crippen molar-refractivity contribution < 1.29 is 10.2 Å². The first-order valence-corrected chi connectivity index (χ1v) is 8.60. The predicted molar refractivity (Wildman–Crippen MR) is 87.6 cm³/mol. The van der Waals surface area contributed by atoms with Crippen LogP contribution in [0.5, 0.6) is 0 Å². The van der Waals surface area contributed by atoms with Crippen LogP contribution < -0.4 is 5.73 Å². The monoisotopic (exact) mass is 317 g/mol. The number of rotatable bonds is 7. The highest BCUT2D eigenvalue weighted by molar-refractivity contribution is 7.99. The number of aromatic amines is 1. The van der Waals surface area contributed by atoms with E-state index in [0.717, 1.165) is 24.1 Å². The van der Waals surface area contributed by atoms with E-state index >= 15 is 0 Å². The van der Waals surface area contributed by atoms with Crippen molar-refractivity contribution in [1.29, 1.82) is 0 Å². The number of fused-ring (bicyclic) bond motifs is 1. The predicted octanol–water partition coefficient (Wildman–Crippen LogP) is 2.97. The Hall–Kier alpha value is -1.79. The number of quaternary nitrogens is 1. The lowest BCUT2D eigenvalue weighted by atomic mass is 10.1. The summed E-state index contributed by atoms with van der Waals surface area (Å²) in [5.74, 6) is 1.63. The summed E-state index contributed by atoms with van der Waals surface area (Å²) < 4.78 is 5.72. The fourth-order valence-corrected chi connectivity index (χ4v) is 3.25. The lowest BCUT2D eigenvalue weighted by Crippen LogP contribution is -2.54. The molecule has 0 bridgehead atoms. The topological polar surface area (TPSA) is 82.4 Å². The zero-order valence-electron chi connectivity index (χ0n) is 12.7. The number of H-pyrrole nitrogens is 1. The third kappa shape index (κ3) is 3.34. The van der Waals surface area contributed by atoms with Gasteiger partial charge in [0, 0.05) is 29.3 Å². The van der Waals surface area contributed by atoms with Crippen molar-refractivity contribution in [3.05, 3.63) is 41.9 Å². The molecule has 0 aliphatic rings. The van der Waals surface area contributed by atoms with Gasteiger partial charge >= 0.3 is 0 Å². The van der Waals surface area contributed by atoms with Crippen LogP contribution in [0.3, 0.4) is 0 Å². The van der Waals surface area contributed by atoms with Gasteiger partial charge in [0.25, 0.3) is 11.1 Å². The number of nitrogens with zero attached hydrogens (tertiary/aromatic N) is 2. The fourth-order valence-electron chi connectivity index (χ4n) is 2.40. The van der Waals surface area contributed by atoms with E-state index in [1.54, 1.807) is 11.8 Å². The maximum Gasteiger partial charge on any atom is 0.276 e. The van der Waals surface area contributed by atoms with Crippen molar-refractivity contribution in [2.75, 3.05) is 5.75 Å². The summed E-state index contributed by atoms with van der Waals surface area (Å²) in [6, 6.07) is 8.24. The Morgan fingerprint density at radius 2 is 2.18 bits per heavy atom. The molecule has 1 atom stereocenters. The van der Waals surface area contributed by atoms with Crippen LogP contribution >= 0.6 is 11.8 Å². The van der Waals surface area contributed by atoms with Gasteiger partial charge in [-0.25, -0.2) is 0 Å². The number of hydrogen-bond acceptors (Lipinski definition) is 4. The molecule has 116 valence electrons. The Labute approximate surface area is 133 Å². The Morgan fingerprint density at radius 1 is 1.32 bits per heavy atom. The van der Waals surface area contributed by atoms with Gasteiger partial charge in [0.05, 0.1) is 0 Å². The number of nitrogens with one attached hydrogen (secondary N) is 1. The van der Waals surface area contributed by atoms with E-state index in [9.17, 15) is 0 Å². The lowest BCUT2D eigenvalue weighted by Gasteiger charge is -2.02. The molecule has 0 aliphatic carbocycles. The molecule has 6 heteroatoms. The van der Waals surface area contributed by atoms with Crippen molar-refractivity contribution >= 4 is 22.7 Å². The van der Waals surface area contributed by atoms with Gasteiger partial charge in [0.2, 0.25) is 0 Å². The van der Waals surface area contributed by atoms with Gasteiger partial charge in [-0.1, -0.05) is 43.3 Å². The summed E-state index contributed by atoms with van der Waals surface area (Å²) in [4.78, 5) is 3.29. The highest BCUT2D eigenvalue weighted by Gasteiger charge is 2.20. The molecule has 1 aromatic carbocycles. The summed E-state index contributed by atoms with van der Waals surface area (Å²) >= 11 is 1.62. The zero-order chi connectivity index (χ0) is 15.4. The summed E-state index contributed by atoms with van der Waals surface area (Å²) in [7, 11) is 0. The quantitative estimate of drug-likeness (QED) is 0.518. The lowest BCUT2D eigenvalue weighted by molar-refractivity contribution is -0.431. The molecule has 0 saturated carbocycles. The van der Waals surface area contributed by atoms with Crippen LogP contribution in [0.25, 0.3) is 10.9 Å². The van der Waals surface area contributed by atoms with Crippen molar-refractivity contribution in [2.24, 2.45) is 0 Å². The second-order valence-electron chi connectivity index (χ2n) is 5.37. The molecule has 0 radical (unpaired) electrons. The normalized spacial score (nSPS) is 12.8. The molecule has 0 unspecified atom stereocenters. The maximum absolute atomic E-state index is 5.72. The molecule has 22 heavy (non-hydrogen) atoms. The molecule has 0 spiro atoms. The van der Waals surface area contributed by atoms with E-state index in [2.05, 4.69) is 40.0 Å². The maximum atomic E-state index is 5.72. The molecule has 0 saturated heterocycles. The summed E-state index contributed by atoms with van der Waals surface area (Å²) in [5, 5.41) is 10.1. The number of unbranched alkanes of at least 4 members (excludes halogenated alkanes) is 1. The van der Waals surface area contributed by atoms with Gasteiger partial charge in [0.1, 0.15) is 0 Å². The second kappa shape index (κ2) is 6.98. The number of thioether (sulfide) groups is 1.